The van der Waals surface area contributed by atoms with Gasteiger partial charge >= 0.3 is 0 Å². The number of nitrogens with zero attached hydrogens (tertiary/aromatic N) is 2. The monoisotopic (exact) mass is 226 g/mol. The van der Waals surface area contributed by atoms with Crippen molar-refractivity contribution in [2.75, 3.05) is 31.6 Å². The summed E-state index contributed by atoms with van der Waals surface area (Å²) in [5.74, 6) is 0.379. The Balaban J connectivity index is 2.27. The van der Waals surface area contributed by atoms with Crippen molar-refractivity contribution in [3.05, 3.63) is 22.7 Å². The fourth-order valence-corrected chi connectivity index (χ4v) is 1.19. The van der Waals surface area contributed by atoms with Crippen LogP contribution in [0.1, 0.15) is 6.42 Å². The first-order valence-corrected chi connectivity index (χ1v) is 5.29. The van der Waals surface area contributed by atoms with Crippen molar-refractivity contribution < 1.29 is 4.74 Å². The van der Waals surface area contributed by atoms with Crippen molar-refractivity contribution in [2.45, 2.75) is 6.42 Å². The van der Waals surface area contributed by atoms with Crippen molar-refractivity contribution in [3.63, 3.8) is 0 Å². The Morgan fingerprint density at radius 2 is 2.38 bits per heavy atom. The Morgan fingerprint density at radius 1 is 1.56 bits per heavy atom. The molecule has 0 spiro atoms. The molecular formula is C10H18N4O2. The Labute approximate surface area is 94.4 Å². The van der Waals surface area contributed by atoms with Crippen LogP contribution >= 0.6 is 0 Å². The van der Waals surface area contributed by atoms with Crippen LogP contribution in [0.25, 0.3) is 0 Å². The van der Waals surface area contributed by atoms with E-state index in [4.69, 9.17) is 10.5 Å². The number of rotatable bonds is 7. The third-order valence-corrected chi connectivity index (χ3v) is 2.04. The summed E-state index contributed by atoms with van der Waals surface area (Å²) >= 11 is 0. The van der Waals surface area contributed by atoms with Crippen molar-refractivity contribution in [3.8, 4) is 0 Å². The van der Waals surface area contributed by atoms with Crippen LogP contribution in [0.15, 0.2) is 17.2 Å². The molecular weight excluding hydrogens is 208 g/mol. The Kier molecular flexibility index (Phi) is 5.52. The Hall–Kier alpha value is -1.40. The second-order valence-electron chi connectivity index (χ2n) is 3.37. The molecule has 1 aromatic heterocycles. The average Bonchev–Trinajstić information content (AvgIpc) is 2.29. The van der Waals surface area contributed by atoms with Crippen molar-refractivity contribution in [1.29, 1.82) is 0 Å². The van der Waals surface area contributed by atoms with Gasteiger partial charge in [0.2, 0.25) is 0 Å². The number of nitrogens with two attached hydrogens (primary N) is 1. The molecule has 6 heteroatoms. The molecule has 0 radical (unpaired) electrons. The third kappa shape index (κ3) is 4.00. The highest BCUT2D eigenvalue weighted by Gasteiger charge is 2.00. The maximum atomic E-state index is 11.5. The highest BCUT2D eigenvalue weighted by molar-refractivity contribution is 5.30. The largest absolute Gasteiger partial charge is 0.380 e. The summed E-state index contributed by atoms with van der Waals surface area (Å²) in [6.45, 7) is 2.41. The van der Waals surface area contributed by atoms with Crippen LogP contribution in [-0.2, 0) is 11.8 Å². The molecule has 0 aliphatic rings. The van der Waals surface area contributed by atoms with Gasteiger partial charge in [-0.3, -0.25) is 4.79 Å². The summed E-state index contributed by atoms with van der Waals surface area (Å²) in [5.41, 5.74) is 5.16. The van der Waals surface area contributed by atoms with Crippen LogP contribution in [0.2, 0.25) is 0 Å². The van der Waals surface area contributed by atoms with Gasteiger partial charge in [-0.25, -0.2) is 4.98 Å². The smallest absolute Gasteiger partial charge is 0.293 e. The minimum Gasteiger partial charge on any atom is -0.380 e. The predicted molar refractivity (Wildman–Crippen MR) is 62.5 cm³/mol. The lowest BCUT2D eigenvalue weighted by molar-refractivity contribution is 0.141. The van der Waals surface area contributed by atoms with Gasteiger partial charge in [0, 0.05) is 39.1 Å². The highest BCUT2D eigenvalue weighted by Crippen LogP contribution is 1.92. The molecule has 1 heterocycles. The van der Waals surface area contributed by atoms with Crippen LogP contribution in [0.5, 0.6) is 0 Å². The first-order chi connectivity index (χ1) is 7.75. The standard InChI is InChI=1S/C10H18N4O2/c1-14-6-5-13-9(10(14)15)12-4-2-7-16-8-3-11/h5-6H,2-4,7-8,11H2,1H3,(H,12,13). The van der Waals surface area contributed by atoms with Crippen LogP contribution in [-0.4, -0.2) is 35.9 Å². The summed E-state index contributed by atoms with van der Waals surface area (Å²) in [5, 5.41) is 2.97. The molecule has 1 rings (SSSR count). The molecule has 0 aromatic carbocycles. The van der Waals surface area contributed by atoms with E-state index in [2.05, 4.69) is 10.3 Å². The predicted octanol–water partition coefficient (Wildman–Crippen LogP) is -0.442. The molecule has 1 aromatic rings. The van der Waals surface area contributed by atoms with Gasteiger partial charge in [0.1, 0.15) is 0 Å². The van der Waals surface area contributed by atoms with Crippen LogP contribution < -0.4 is 16.6 Å². The second kappa shape index (κ2) is 6.97. The quantitative estimate of drug-likeness (QED) is 0.616. The molecule has 0 atom stereocenters. The Morgan fingerprint density at radius 3 is 3.12 bits per heavy atom. The number of aromatic nitrogens is 2. The number of nitrogens with one attached hydrogen (secondary N) is 1. The van der Waals surface area contributed by atoms with Crippen LogP contribution in [0, 0.1) is 0 Å². The number of anilines is 1. The minimum absolute atomic E-state index is 0.120. The van der Waals surface area contributed by atoms with Gasteiger partial charge in [-0.15, -0.1) is 0 Å². The van der Waals surface area contributed by atoms with Gasteiger partial charge in [0.05, 0.1) is 6.61 Å². The van der Waals surface area contributed by atoms with Crippen LogP contribution in [0.3, 0.4) is 0 Å². The van der Waals surface area contributed by atoms with Gasteiger partial charge in [-0.1, -0.05) is 0 Å². The minimum atomic E-state index is -0.120. The topological polar surface area (TPSA) is 82.2 Å². The van der Waals surface area contributed by atoms with Gasteiger partial charge in [0.25, 0.3) is 5.56 Å². The lowest BCUT2D eigenvalue weighted by Gasteiger charge is -2.06. The first-order valence-electron chi connectivity index (χ1n) is 5.29. The summed E-state index contributed by atoms with van der Waals surface area (Å²) in [6.07, 6.45) is 4.03. The number of hydrogen-bond acceptors (Lipinski definition) is 5. The molecule has 90 valence electrons. The molecule has 0 unspecified atom stereocenters. The number of ether oxygens (including phenoxy) is 1. The molecule has 3 N–H and O–H groups in total. The van der Waals surface area contributed by atoms with E-state index in [0.29, 0.717) is 32.1 Å². The van der Waals surface area contributed by atoms with E-state index in [-0.39, 0.29) is 5.56 Å². The number of hydrogen-bond donors (Lipinski definition) is 2. The first kappa shape index (κ1) is 12.7. The maximum Gasteiger partial charge on any atom is 0.293 e. The molecule has 0 saturated heterocycles. The number of aryl methyl sites for hydroxylation is 1. The summed E-state index contributed by atoms with van der Waals surface area (Å²) in [6, 6.07) is 0. The fourth-order valence-electron chi connectivity index (χ4n) is 1.19. The van der Waals surface area contributed by atoms with E-state index < -0.39 is 0 Å². The van der Waals surface area contributed by atoms with Gasteiger partial charge < -0.3 is 20.4 Å². The van der Waals surface area contributed by atoms with Gasteiger partial charge in [-0.05, 0) is 6.42 Å². The zero-order chi connectivity index (χ0) is 11.8. The lowest BCUT2D eigenvalue weighted by Crippen LogP contribution is -2.22. The van der Waals surface area contributed by atoms with E-state index >= 15 is 0 Å². The molecule has 6 nitrogen and oxygen atoms in total. The van der Waals surface area contributed by atoms with E-state index in [0.717, 1.165) is 6.42 Å². The summed E-state index contributed by atoms with van der Waals surface area (Å²) in [7, 11) is 1.69. The zero-order valence-corrected chi connectivity index (χ0v) is 9.48. The summed E-state index contributed by atoms with van der Waals surface area (Å²) < 4.78 is 6.69. The van der Waals surface area contributed by atoms with E-state index in [9.17, 15) is 4.79 Å². The molecule has 16 heavy (non-hydrogen) atoms. The average molecular weight is 226 g/mol. The van der Waals surface area contributed by atoms with Crippen LogP contribution in [0.4, 0.5) is 5.82 Å². The molecule has 0 saturated carbocycles. The molecule has 0 amide bonds. The maximum absolute atomic E-state index is 11.5. The third-order valence-electron chi connectivity index (χ3n) is 2.04. The van der Waals surface area contributed by atoms with Crippen molar-refractivity contribution in [1.82, 2.24) is 9.55 Å². The highest BCUT2D eigenvalue weighted by atomic mass is 16.5. The molecule has 0 fully saturated rings. The lowest BCUT2D eigenvalue weighted by atomic mass is 10.4. The van der Waals surface area contributed by atoms with Crippen molar-refractivity contribution >= 4 is 5.82 Å². The van der Waals surface area contributed by atoms with Crippen molar-refractivity contribution in [2.24, 2.45) is 12.8 Å². The van der Waals surface area contributed by atoms with Gasteiger partial charge in [0.15, 0.2) is 5.82 Å². The molecule has 0 bridgehead atoms. The molecule has 0 aliphatic heterocycles. The Bertz CT molecular complexity index is 364. The fraction of sp³-hybridized carbons (Fsp3) is 0.600. The normalized spacial score (nSPS) is 10.4. The van der Waals surface area contributed by atoms with Gasteiger partial charge in [-0.2, -0.15) is 0 Å². The van der Waals surface area contributed by atoms with E-state index in [1.807, 2.05) is 0 Å². The SMILES string of the molecule is Cn1ccnc(NCCCOCCN)c1=O. The summed E-state index contributed by atoms with van der Waals surface area (Å²) in [4.78, 5) is 15.5. The molecule has 0 aliphatic carbocycles. The van der Waals surface area contributed by atoms with E-state index in [1.165, 1.54) is 4.57 Å². The second-order valence-corrected chi connectivity index (χ2v) is 3.37. The van der Waals surface area contributed by atoms with E-state index in [1.54, 1.807) is 19.4 Å². The zero-order valence-electron chi connectivity index (χ0n) is 9.48.